The van der Waals surface area contributed by atoms with Gasteiger partial charge in [0.15, 0.2) is 0 Å². The lowest BCUT2D eigenvalue weighted by Crippen LogP contribution is -1.94. The molecule has 0 amide bonds. The standard InChI is InChI=1S/C11H10FNO2/c1-2-6-3-10-7(4-9(6)12)8(5-13-10)11(14)15/h3-5,13H,2H2,1H3,(H,14,15). The number of H-pyrrole nitrogens is 1. The number of aromatic amines is 1. The van der Waals surface area contributed by atoms with Gasteiger partial charge in [0.05, 0.1) is 5.56 Å². The molecule has 4 heteroatoms. The number of carboxylic acids is 1. The number of halogens is 1. The number of rotatable bonds is 2. The number of hydrogen-bond acceptors (Lipinski definition) is 1. The lowest BCUT2D eigenvalue weighted by atomic mass is 10.1. The number of aromatic carboxylic acids is 1. The summed E-state index contributed by atoms with van der Waals surface area (Å²) in [6, 6.07) is 2.92. The van der Waals surface area contributed by atoms with Crippen molar-refractivity contribution in [3.8, 4) is 0 Å². The predicted octanol–water partition coefficient (Wildman–Crippen LogP) is 2.57. The summed E-state index contributed by atoms with van der Waals surface area (Å²) < 4.78 is 13.4. The Kier molecular flexibility index (Phi) is 2.19. The van der Waals surface area contributed by atoms with E-state index in [1.54, 1.807) is 6.07 Å². The highest BCUT2D eigenvalue weighted by Gasteiger charge is 2.12. The Labute approximate surface area is 85.5 Å². The fraction of sp³-hybridized carbons (Fsp3) is 0.182. The number of benzene rings is 1. The van der Waals surface area contributed by atoms with Gasteiger partial charge in [-0.1, -0.05) is 6.92 Å². The van der Waals surface area contributed by atoms with E-state index in [1.807, 2.05) is 6.92 Å². The first-order chi connectivity index (χ1) is 7.13. The lowest BCUT2D eigenvalue weighted by molar-refractivity contribution is 0.0699. The normalized spacial score (nSPS) is 10.8. The smallest absolute Gasteiger partial charge is 0.337 e. The second kappa shape index (κ2) is 3.38. The zero-order valence-electron chi connectivity index (χ0n) is 8.17. The zero-order valence-corrected chi connectivity index (χ0v) is 8.17. The van der Waals surface area contributed by atoms with Crippen LogP contribution in [-0.4, -0.2) is 16.1 Å². The Balaban J connectivity index is 2.73. The van der Waals surface area contributed by atoms with Gasteiger partial charge < -0.3 is 10.1 Å². The van der Waals surface area contributed by atoms with Gasteiger partial charge in [-0.3, -0.25) is 0 Å². The van der Waals surface area contributed by atoms with Crippen LogP contribution in [-0.2, 0) is 6.42 Å². The van der Waals surface area contributed by atoms with E-state index in [4.69, 9.17) is 5.11 Å². The first-order valence-electron chi connectivity index (χ1n) is 4.66. The predicted molar refractivity (Wildman–Crippen MR) is 54.6 cm³/mol. The Morgan fingerprint density at radius 3 is 2.87 bits per heavy atom. The average molecular weight is 207 g/mol. The van der Waals surface area contributed by atoms with Crippen LogP contribution in [0.4, 0.5) is 4.39 Å². The fourth-order valence-electron chi connectivity index (χ4n) is 1.64. The second-order valence-corrected chi connectivity index (χ2v) is 3.35. The van der Waals surface area contributed by atoms with E-state index in [0.717, 1.165) is 0 Å². The minimum atomic E-state index is -1.05. The average Bonchev–Trinajstić information content (AvgIpc) is 2.59. The highest BCUT2D eigenvalue weighted by Crippen LogP contribution is 2.22. The summed E-state index contributed by atoms with van der Waals surface area (Å²) in [5.41, 5.74) is 1.35. The first kappa shape index (κ1) is 9.71. The van der Waals surface area contributed by atoms with Gasteiger partial charge in [0.1, 0.15) is 5.82 Å². The van der Waals surface area contributed by atoms with Crippen LogP contribution >= 0.6 is 0 Å². The summed E-state index contributed by atoms with van der Waals surface area (Å²) in [5, 5.41) is 9.26. The molecule has 3 nitrogen and oxygen atoms in total. The third-order valence-electron chi connectivity index (χ3n) is 2.46. The monoisotopic (exact) mass is 207 g/mol. The van der Waals surface area contributed by atoms with Crippen LogP contribution in [0.15, 0.2) is 18.3 Å². The Morgan fingerprint density at radius 2 is 2.27 bits per heavy atom. The van der Waals surface area contributed by atoms with Crippen LogP contribution in [0.3, 0.4) is 0 Å². The van der Waals surface area contributed by atoms with Gasteiger partial charge in [-0.2, -0.15) is 0 Å². The molecule has 2 rings (SSSR count). The van der Waals surface area contributed by atoms with Gasteiger partial charge in [0, 0.05) is 17.1 Å². The molecule has 0 unspecified atom stereocenters. The lowest BCUT2D eigenvalue weighted by Gasteiger charge is -2.00. The summed E-state index contributed by atoms with van der Waals surface area (Å²) in [5.74, 6) is -1.41. The van der Waals surface area contributed by atoms with Gasteiger partial charge in [-0.05, 0) is 24.1 Å². The van der Waals surface area contributed by atoms with Crippen molar-refractivity contribution in [3.63, 3.8) is 0 Å². The minimum Gasteiger partial charge on any atom is -0.478 e. The third-order valence-corrected chi connectivity index (χ3v) is 2.46. The minimum absolute atomic E-state index is 0.103. The van der Waals surface area contributed by atoms with Crippen molar-refractivity contribution in [3.05, 3.63) is 35.3 Å². The van der Waals surface area contributed by atoms with Crippen molar-refractivity contribution in [2.75, 3.05) is 0 Å². The highest BCUT2D eigenvalue weighted by molar-refractivity contribution is 6.03. The molecule has 0 atom stereocenters. The number of aromatic nitrogens is 1. The van der Waals surface area contributed by atoms with Crippen LogP contribution in [0, 0.1) is 5.82 Å². The Hall–Kier alpha value is -1.84. The number of fused-ring (bicyclic) bond motifs is 1. The number of carboxylic acid groups (broad SMARTS) is 1. The van der Waals surface area contributed by atoms with Gasteiger partial charge >= 0.3 is 5.97 Å². The SMILES string of the molecule is CCc1cc2[nH]cc(C(=O)O)c2cc1F. The molecule has 0 aliphatic carbocycles. The van der Waals surface area contributed by atoms with E-state index in [2.05, 4.69) is 4.98 Å². The summed E-state index contributed by atoms with van der Waals surface area (Å²) in [4.78, 5) is 13.6. The molecule has 1 heterocycles. The van der Waals surface area contributed by atoms with Crippen LogP contribution in [0.25, 0.3) is 10.9 Å². The van der Waals surface area contributed by atoms with Crippen molar-refractivity contribution in [1.82, 2.24) is 4.98 Å². The summed E-state index contributed by atoms with van der Waals surface area (Å²) >= 11 is 0. The van der Waals surface area contributed by atoms with Crippen molar-refractivity contribution in [2.45, 2.75) is 13.3 Å². The zero-order chi connectivity index (χ0) is 11.0. The van der Waals surface area contributed by atoms with Crippen LogP contribution in [0.1, 0.15) is 22.8 Å². The van der Waals surface area contributed by atoms with E-state index in [-0.39, 0.29) is 11.4 Å². The molecule has 0 saturated heterocycles. The van der Waals surface area contributed by atoms with Gasteiger partial charge in [-0.15, -0.1) is 0 Å². The molecule has 15 heavy (non-hydrogen) atoms. The molecule has 0 aliphatic rings. The molecule has 0 spiro atoms. The second-order valence-electron chi connectivity index (χ2n) is 3.35. The summed E-state index contributed by atoms with van der Waals surface area (Å²) in [6.45, 7) is 1.85. The maximum absolute atomic E-state index is 13.4. The highest BCUT2D eigenvalue weighted by atomic mass is 19.1. The molecule has 1 aromatic heterocycles. The van der Waals surface area contributed by atoms with Crippen LogP contribution in [0.2, 0.25) is 0 Å². The van der Waals surface area contributed by atoms with Crippen molar-refractivity contribution < 1.29 is 14.3 Å². The van der Waals surface area contributed by atoms with Crippen LogP contribution < -0.4 is 0 Å². The molecule has 1 aromatic carbocycles. The van der Waals surface area contributed by atoms with Gasteiger partial charge in [-0.25, -0.2) is 9.18 Å². The molecule has 2 N–H and O–H groups in total. The summed E-state index contributed by atoms with van der Waals surface area (Å²) in [7, 11) is 0. The summed E-state index contributed by atoms with van der Waals surface area (Å²) in [6.07, 6.45) is 1.97. The fourth-order valence-corrected chi connectivity index (χ4v) is 1.64. The van der Waals surface area contributed by atoms with Crippen molar-refractivity contribution in [1.29, 1.82) is 0 Å². The molecule has 0 radical (unpaired) electrons. The molecule has 0 aliphatic heterocycles. The number of nitrogens with one attached hydrogen (secondary N) is 1. The third kappa shape index (κ3) is 1.48. The Morgan fingerprint density at radius 1 is 1.53 bits per heavy atom. The van der Waals surface area contributed by atoms with Gasteiger partial charge in [0.2, 0.25) is 0 Å². The van der Waals surface area contributed by atoms with E-state index in [9.17, 15) is 9.18 Å². The topological polar surface area (TPSA) is 53.1 Å². The molecule has 0 bridgehead atoms. The van der Waals surface area contributed by atoms with E-state index < -0.39 is 5.97 Å². The Bertz CT molecular complexity index is 531. The maximum atomic E-state index is 13.4. The number of aryl methyl sites for hydroxylation is 1. The number of carbonyl (C=O) groups is 1. The van der Waals surface area contributed by atoms with E-state index in [1.165, 1.54) is 12.3 Å². The largest absolute Gasteiger partial charge is 0.478 e. The first-order valence-corrected chi connectivity index (χ1v) is 4.66. The molecule has 2 aromatic rings. The van der Waals surface area contributed by atoms with Crippen molar-refractivity contribution >= 4 is 16.9 Å². The molecule has 0 saturated carbocycles. The quantitative estimate of drug-likeness (QED) is 0.795. The maximum Gasteiger partial charge on any atom is 0.337 e. The number of hydrogen-bond donors (Lipinski definition) is 2. The van der Waals surface area contributed by atoms with Crippen LogP contribution in [0.5, 0.6) is 0 Å². The van der Waals surface area contributed by atoms with Crippen molar-refractivity contribution in [2.24, 2.45) is 0 Å². The molecule has 0 fully saturated rings. The van der Waals surface area contributed by atoms with E-state index in [0.29, 0.717) is 22.9 Å². The van der Waals surface area contributed by atoms with Gasteiger partial charge in [0.25, 0.3) is 0 Å². The molecular weight excluding hydrogens is 197 g/mol. The van der Waals surface area contributed by atoms with E-state index >= 15 is 0 Å². The molecular formula is C11H10FNO2. The molecule has 78 valence electrons.